The van der Waals surface area contributed by atoms with Crippen molar-refractivity contribution >= 4 is 23.3 Å². The van der Waals surface area contributed by atoms with Crippen LogP contribution in [0, 0.1) is 5.92 Å². The van der Waals surface area contributed by atoms with Crippen LogP contribution < -0.4 is 16.0 Å². The fraction of sp³-hybridized carbons (Fsp3) is 0.708. The Balaban J connectivity index is 1.63. The van der Waals surface area contributed by atoms with Crippen molar-refractivity contribution in [3.05, 3.63) is 16.8 Å². The summed E-state index contributed by atoms with van der Waals surface area (Å²) in [6, 6.07) is 0.00212. The maximum atomic E-state index is 12.8. The van der Waals surface area contributed by atoms with E-state index in [2.05, 4.69) is 37.9 Å². The van der Waals surface area contributed by atoms with Crippen molar-refractivity contribution in [1.82, 2.24) is 15.2 Å². The van der Waals surface area contributed by atoms with Crippen molar-refractivity contribution in [1.29, 1.82) is 0 Å². The van der Waals surface area contributed by atoms with Crippen LogP contribution in [0.4, 0.5) is 11.5 Å². The molecule has 8 nitrogen and oxygen atoms in total. The van der Waals surface area contributed by atoms with Gasteiger partial charge in [-0.2, -0.15) is 0 Å². The number of fused-ring (bicyclic) bond motifs is 1. The number of hydrogen-bond donors (Lipinski definition) is 2. The van der Waals surface area contributed by atoms with Crippen LogP contribution in [0.2, 0.25) is 0 Å². The van der Waals surface area contributed by atoms with Gasteiger partial charge >= 0.3 is 0 Å². The first kappa shape index (κ1) is 22.8. The molecule has 32 heavy (non-hydrogen) atoms. The third-order valence-corrected chi connectivity index (χ3v) is 7.04. The molecule has 1 atom stereocenters. The predicted octanol–water partition coefficient (Wildman–Crippen LogP) is 2.20. The molecule has 1 aromatic rings. The molecule has 1 aromatic heterocycles. The molecule has 0 unspecified atom stereocenters. The zero-order valence-electron chi connectivity index (χ0n) is 20.0. The van der Waals surface area contributed by atoms with E-state index in [1.54, 1.807) is 7.05 Å². The molecule has 1 saturated heterocycles. The molecule has 2 amide bonds. The average Bonchev–Trinajstić information content (AvgIpc) is 3.58. The van der Waals surface area contributed by atoms with Crippen LogP contribution in [0.1, 0.15) is 69.7 Å². The quantitative estimate of drug-likeness (QED) is 0.677. The van der Waals surface area contributed by atoms with Crippen molar-refractivity contribution in [2.45, 2.75) is 77.5 Å². The molecule has 1 saturated carbocycles. The average molecular weight is 444 g/mol. The van der Waals surface area contributed by atoms with Crippen molar-refractivity contribution in [3.8, 4) is 0 Å². The summed E-state index contributed by atoms with van der Waals surface area (Å²) in [7, 11) is 1.56. The van der Waals surface area contributed by atoms with E-state index < -0.39 is 0 Å². The second kappa shape index (κ2) is 8.54. The van der Waals surface area contributed by atoms with E-state index in [0.717, 1.165) is 23.6 Å². The van der Waals surface area contributed by atoms with Gasteiger partial charge in [-0.05, 0) is 38.2 Å². The number of nitrogen functional groups attached to an aromatic ring is 1. The third kappa shape index (κ3) is 4.42. The Kier molecular flexibility index (Phi) is 6.09. The lowest BCUT2D eigenvalue weighted by molar-refractivity contribution is -0.138. The first-order valence-electron chi connectivity index (χ1n) is 11.8. The fourth-order valence-corrected chi connectivity index (χ4v) is 4.95. The summed E-state index contributed by atoms with van der Waals surface area (Å²) in [6.45, 7) is 10.9. The number of hydrogen-bond acceptors (Lipinski definition) is 6. The standard InChI is InChI=1S/C24H37N5O3/c1-14(2)18-12-28(8-9-29(18)20(31)10-19(30)26-5)23-21(25)16-11-24(3,4)32-13-17(16)22(27-23)15-6-7-15/h14-15,18H,6-13,25H2,1-5H3,(H,26,30)/t18-/m0/s1. The molecule has 3 heterocycles. The highest BCUT2D eigenvalue weighted by Crippen LogP contribution is 2.46. The van der Waals surface area contributed by atoms with Crippen LogP contribution in [0.25, 0.3) is 0 Å². The monoisotopic (exact) mass is 443 g/mol. The van der Waals surface area contributed by atoms with Gasteiger partial charge in [0, 0.05) is 44.6 Å². The highest BCUT2D eigenvalue weighted by Gasteiger charge is 2.39. The molecule has 2 fully saturated rings. The normalized spacial score (nSPS) is 22.6. The SMILES string of the molecule is CNC(=O)CC(=O)N1CCN(c2nc(C3CC3)c3c(c2N)CC(C)(C)OC3)C[C@H]1C(C)C. The van der Waals surface area contributed by atoms with Gasteiger partial charge in [0.1, 0.15) is 6.42 Å². The van der Waals surface area contributed by atoms with Crippen molar-refractivity contribution in [3.63, 3.8) is 0 Å². The Morgan fingerprint density at radius 3 is 2.59 bits per heavy atom. The van der Waals surface area contributed by atoms with Crippen LogP contribution in [0.15, 0.2) is 0 Å². The summed E-state index contributed by atoms with van der Waals surface area (Å²) in [6.07, 6.45) is 3.01. The maximum Gasteiger partial charge on any atom is 0.232 e. The third-order valence-electron chi connectivity index (χ3n) is 7.04. The minimum absolute atomic E-state index is 0.00212. The van der Waals surface area contributed by atoms with E-state index in [1.165, 1.54) is 24.0 Å². The number of anilines is 2. The van der Waals surface area contributed by atoms with E-state index in [-0.39, 0.29) is 35.8 Å². The molecule has 0 aromatic carbocycles. The summed E-state index contributed by atoms with van der Waals surface area (Å²) in [4.78, 5) is 33.8. The van der Waals surface area contributed by atoms with Crippen molar-refractivity contribution in [2.24, 2.45) is 5.92 Å². The Bertz CT molecular complexity index is 909. The lowest BCUT2D eigenvalue weighted by atomic mass is 9.89. The lowest BCUT2D eigenvalue weighted by Crippen LogP contribution is -2.58. The van der Waals surface area contributed by atoms with Gasteiger partial charge in [0.15, 0.2) is 5.82 Å². The largest absolute Gasteiger partial charge is 0.395 e. The minimum atomic E-state index is -0.251. The molecule has 0 bridgehead atoms. The summed E-state index contributed by atoms with van der Waals surface area (Å²) >= 11 is 0. The van der Waals surface area contributed by atoms with Crippen molar-refractivity contribution < 1.29 is 14.3 Å². The van der Waals surface area contributed by atoms with Crippen LogP contribution in [-0.4, -0.2) is 60.0 Å². The van der Waals surface area contributed by atoms with E-state index in [9.17, 15) is 9.59 Å². The number of nitrogens with two attached hydrogens (primary N) is 1. The smallest absolute Gasteiger partial charge is 0.232 e. The Morgan fingerprint density at radius 2 is 1.97 bits per heavy atom. The van der Waals surface area contributed by atoms with Gasteiger partial charge < -0.3 is 25.6 Å². The molecule has 2 aliphatic heterocycles. The maximum absolute atomic E-state index is 12.8. The first-order valence-corrected chi connectivity index (χ1v) is 11.8. The molecule has 1 aliphatic carbocycles. The number of ether oxygens (including phenoxy) is 1. The van der Waals surface area contributed by atoms with E-state index >= 15 is 0 Å². The van der Waals surface area contributed by atoms with Crippen LogP contribution >= 0.6 is 0 Å². The van der Waals surface area contributed by atoms with Crippen LogP contribution in [0.5, 0.6) is 0 Å². The number of carbonyl (C=O) groups is 2. The second-order valence-corrected chi connectivity index (χ2v) is 10.4. The highest BCUT2D eigenvalue weighted by atomic mass is 16.5. The Hall–Kier alpha value is -2.35. The molecule has 4 rings (SSSR count). The van der Waals surface area contributed by atoms with Gasteiger partial charge in [-0.15, -0.1) is 0 Å². The van der Waals surface area contributed by atoms with Gasteiger partial charge in [-0.25, -0.2) is 4.98 Å². The summed E-state index contributed by atoms with van der Waals surface area (Å²) in [5.41, 5.74) is 10.8. The number of carbonyl (C=O) groups excluding carboxylic acids is 2. The van der Waals surface area contributed by atoms with Gasteiger partial charge in [0.25, 0.3) is 0 Å². The van der Waals surface area contributed by atoms with Crippen LogP contribution in [-0.2, 0) is 27.4 Å². The number of nitrogens with zero attached hydrogens (tertiary/aromatic N) is 3. The zero-order valence-corrected chi connectivity index (χ0v) is 20.0. The highest BCUT2D eigenvalue weighted by molar-refractivity contribution is 5.97. The van der Waals surface area contributed by atoms with Gasteiger partial charge in [0.2, 0.25) is 11.8 Å². The first-order chi connectivity index (χ1) is 15.1. The number of pyridine rings is 1. The zero-order chi connectivity index (χ0) is 23.2. The lowest BCUT2D eigenvalue weighted by Gasteiger charge is -2.44. The topological polar surface area (TPSA) is 101 Å². The number of rotatable bonds is 5. The number of amides is 2. The Morgan fingerprint density at radius 1 is 1.25 bits per heavy atom. The van der Waals surface area contributed by atoms with Gasteiger partial charge in [0.05, 0.1) is 29.6 Å². The minimum Gasteiger partial charge on any atom is -0.395 e. The molecule has 3 aliphatic rings. The van der Waals surface area contributed by atoms with Gasteiger partial charge in [-0.3, -0.25) is 9.59 Å². The molecule has 0 radical (unpaired) electrons. The van der Waals surface area contributed by atoms with E-state index in [1.807, 2.05) is 4.90 Å². The number of piperazine rings is 1. The second-order valence-electron chi connectivity index (χ2n) is 10.4. The molecule has 8 heteroatoms. The molecule has 0 spiro atoms. The predicted molar refractivity (Wildman–Crippen MR) is 124 cm³/mol. The molecule has 176 valence electrons. The number of aromatic nitrogens is 1. The molecular formula is C24H37N5O3. The van der Waals surface area contributed by atoms with Gasteiger partial charge in [-0.1, -0.05) is 13.8 Å². The van der Waals surface area contributed by atoms with Crippen molar-refractivity contribution in [2.75, 3.05) is 37.3 Å². The summed E-state index contributed by atoms with van der Waals surface area (Å²) in [5, 5.41) is 2.55. The van der Waals surface area contributed by atoms with Crippen LogP contribution in [0.3, 0.4) is 0 Å². The number of nitrogens with one attached hydrogen (secondary N) is 1. The van der Waals surface area contributed by atoms with E-state index in [4.69, 9.17) is 15.5 Å². The summed E-state index contributed by atoms with van der Waals surface area (Å²) in [5.74, 6) is 1.24. The molecule has 3 N–H and O–H groups in total. The summed E-state index contributed by atoms with van der Waals surface area (Å²) < 4.78 is 6.09. The molecular weight excluding hydrogens is 406 g/mol. The Labute approximate surface area is 190 Å². The van der Waals surface area contributed by atoms with E-state index in [0.29, 0.717) is 32.2 Å². The fourth-order valence-electron chi connectivity index (χ4n) is 4.95.